The van der Waals surface area contributed by atoms with Gasteiger partial charge in [-0.3, -0.25) is 0 Å². The van der Waals surface area contributed by atoms with Crippen LogP contribution in [0, 0.1) is 0 Å². The molecule has 2 aromatic rings. The Bertz CT molecular complexity index is 611. The zero-order valence-corrected chi connectivity index (χ0v) is 10.7. The zero-order valence-electron chi connectivity index (χ0n) is 10.7. The van der Waals surface area contributed by atoms with Crippen molar-refractivity contribution in [1.29, 1.82) is 0 Å². The van der Waals surface area contributed by atoms with Crippen LogP contribution in [0.3, 0.4) is 0 Å². The summed E-state index contributed by atoms with van der Waals surface area (Å²) in [7, 11) is 0. The number of alkyl halides is 3. The van der Waals surface area contributed by atoms with Crippen molar-refractivity contribution in [3.05, 3.63) is 35.5 Å². The van der Waals surface area contributed by atoms with E-state index in [9.17, 15) is 18.0 Å². The van der Waals surface area contributed by atoms with Crippen molar-refractivity contribution in [3.63, 3.8) is 0 Å². The summed E-state index contributed by atoms with van der Waals surface area (Å²) in [5.74, 6) is 0. The van der Waals surface area contributed by atoms with Crippen LogP contribution >= 0.6 is 0 Å². The highest BCUT2D eigenvalue weighted by molar-refractivity contribution is 5.89. The van der Waals surface area contributed by atoms with Gasteiger partial charge in [0.15, 0.2) is 0 Å². The van der Waals surface area contributed by atoms with Gasteiger partial charge < -0.3 is 9.36 Å². The molecular formula is C14H14F3NO. The molecule has 0 bridgehead atoms. The standard InChI is InChI=1S/C14H14F3NO/c1-9(2)18-8-10(6-7-19)11-4-3-5-12(13(11)18)14(15,16)17/h3-5,7-9H,6H2,1-2H3. The molecule has 102 valence electrons. The number of para-hydroxylation sites is 1. The molecule has 19 heavy (non-hydrogen) atoms. The van der Waals surface area contributed by atoms with Gasteiger partial charge in [0.2, 0.25) is 0 Å². The van der Waals surface area contributed by atoms with E-state index in [1.54, 1.807) is 16.8 Å². The Kier molecular flexibility index (Phi) is 3.39. The van der Waals surface area contributed by atoms with Crippen molar-refractivity contribution in [2.45, 2.75) is 32.5 Å². The van der Waals surface area contributed by atoms with Crippen molar-refractivity contribution in [2.75, 3.05) is 0 Å². The smallest absolute Gasteiger partial charge is 0.344 e. The summed E-state index contributed by atoms with van der Waals surface area (Å²) in [6.45, 7) is 3.63. The first-order valence-corrected chi connectivity index (χ1v) is 5.99. The number of nitrogens with zero attached hydrogens (tertiary/aromatic N) is 1. The number of hydrogen-bond donors (Lipinski definition) is 0. The van der Waals surface area contributed by atoms with Crippen molar-refractivity contribution < 1.29 is 18.0 Å². The molecule has 0 aliphatic rings. The second-order valence-corrected chi connectivity index (χ2v) is 4.73. The molecule has 0 radical (unpaired) electrons. The Morgan fingerprint density at radius 1 is 1.32 bits per heavy atom. The summed E-state index contributed by atoms with van der Waals surface area (Å²) in [4.78, 5) is 10.6. The number of hydrogen-bond acceptors (Lipinski definition) is 1. The lowest BCUT2D eigenvalue weighted by molar-refractivity contribution is -0.136. The lowest BCUT2D eigenvalue weighted by Gasteiger charge is -2.14. The minimum absolute atomic E-state index is 0.105. The molecule has 0 saturated heterocycles. The van der Waals surface area contributed by atoms with E-state index in [1.165, 1.54) is 6.07 Å². The highest BCUT2D eigenvalue weighted by Crippen LogP contribution is 2.37. The third-order valence-electron chi connectivity index (χ3n) is 3.10. The highest BCUT2D eigenvalue weighted by atomic mass is 19.4. The predicted octanol–water partition coefficient (Wildman–Crippen LogP) is 3.98. The minimum Gasteiger partial charge on any atom is -0.344 e. The molecular weight excluding hydrogens is 255 g/mol. The number of fused-ring (bicyclic) bond motifs is 1. The predicted molar refractivity (Wildman–Crippen MR) is 67.1 cm³/mol. The van der Waals surface area contributed by atoms with Crippen LogP contribution in [0.15, 0.2) is 24.4 Å². The number of carbonyl (C=O) groups excluding carboxylic acids is 1. The van der Waals surface area contributed by atoms with Crippen molar-refractivity contribution >= 4 is 17.2 Å². The third-order valence-corrected chi connectivity index (χ3v) is 3.10. The van der Waals surface area contributed by atoms with Gasteiger partial charge in [0, 0.05) is 24.0 Å². The van der Waals surface area contributed by atoms with Gasteiger partial charge in [-0.25, -0.2) is 0 Å². The topological polar surface area (TPSA) is 22.0 Å². The summed E-state index contributed by atoms with van der Waals surface area (Å²) < 4.78 is 40.8. The molecule has 0 amide bonds. The second-order valence-electron chi connectivity index (χ2n) is 4.73. The van der Waals surface area contributed by atoms with Crippen LogP contribution in [0.2, 0.25) is 0 Å². The van der Waals surface area contributed by atoms with Gasteiger partial charge in [-0.2, -0.15) is 13.2 Å². The van der Waals surface area contributed by atoms with E-state index in [4.69, 9.17) is 0 Å². The van der Waals surface area contributed by atoms with Gasteiger partial charge in [-0.15, -0.1) is 0 Å². The van der Waals surface area contributed by atoms with E-state index in [2.05, 4.69) is 0 Å². The van der Waals surface area contributed by atoms with Crippen LogP contribution in [0.25, 0.3) is 10.9 Å². The quantitative estimate of drug-likeness (QED) is 0.772. The number of halogens is 3. The SMILES string of the molecule is CC(C)n1cc(CC=O)c2cccc(C(F)(F)F)c21. The highest BCUT2D eigenvalue weighted by Gasteiger charge is 2.34. The monoisotopic (exact) mass is 269 g/mol. The molecule has 0 aliphatic carbocycles. The molecule has 0 spiro atoms. The van der Waals surface area contributed by atoms with Gasteiger partial charge >= 0.3 is 6.18 Å². The molecule has 0 unspecified atom stereocenters. The Morgan fingerprint density at radius 3 is 2.53 bits per heavy atom. The van der Waals surface area contributed by atoms with E-state index in [-0.39, 0.29) is 18.0 Å². The van der Waals surface area contributed by atoms with E-state index in [0.717, 1.165) is 6.07 Å². The summed E-state index contributed by atoms with van der Waals surface area (Å²) in [5.41, 5.74) is 0.127. The lowest BCUT2D eigenvalue weighted by atomic mass is 10.1. The molecule has 0 atom stereocenters. The largest absolute Gasteiger partial charge is 0.418 e. The zero-order chi connectivity index (χ0) is 14.2. The molecule has 0 N–H and O–H groups in total. The summed E-state index contributed by atoms with van der Waals surface area (Å²) in [6, 6.07) is 3.98. The van der Waals surface area contributed by atoms with Crippen LogP contribution in [0.1, 0.15) is 31.0 Å². The maximum absolute atomic E-state index is 13.1. The number of benzene rings is 1. The van der Waals surface area contributed by atoms with E-state index in [1.807, 2.05) is 13.8 Å². The van der Waals surface area contributed by atoms with Gasteiger partial charge in [0.1, 0.15) is 6.29 Å². The van der Waals surface area contributed by atoms with E-state index in [0.29, 0.717) is 17.2 Å². The summed E-state index contributed by atoms with van der Waals surface area (Å²) in [6.07, 6.45) is -1.93. The normalized spacial score (nSPS) is 12.3. The number of carbonyl (C=O) groups is 1. The Hall–Kier alpha value is -1.78. The van der Waals surface area contributed by atoms with Gasteiger partial charge in [0.25, 0.3) is 0 Å². The number of aromatic nitrogens is 1. The molecule has 2 nitrogen and oxygen atoms in total. The second kappa shape index (κ2) is 4.72. The van der Waals surface area contributed by atoms with Crippen LogP contribution in [-0.4, -0.2) is 10.9 Å². The first-order valence-electron chi connectivity index (χ1n) is 5.99. The fourth-order valence-corrected chi connectivity index (χ4v) is 2.27. The molecule has 2 rings (SSSR count). The first kappa shape index (κ1) is 13.6. The minimum atomic E-state index is -4.40. The molecule has 5 heteroatoms. The average molecular weight is 269 g/mol. The first-order chi connectivity index (χ1) is 8.86. The fraction of sp³-hybridized carbons (Fsp3) is 0.357. The van der Waals surface area contributed by atoms with Crippen LogP contribution in [0.5, 0.6) is 0 Å². The molecule has 1 heterocycles. The van der Waals surface area contributed by atoms with E-state index >= 15 is 0 Å². The average Bonchev–Trinajstić information content (AvgIpc) is 2.67. The van der Waals surface area contributed by atoms with Crippen LogP contribution in [-0.2, 0) is 17.4 Å². The Morgan fingerprint density at radius 2 is 2.00 bits per heavy atom. The van der Waals surface area contributed by atoms with Crippen molar-refractivity contribution in [2.24, 2.45) is 0 Å². The number of aldehydes is 1. The lowest BCUT2D eigenvalue weighted by Crippen LogP contribution is -2.09. The maximum Gasteiger partial charge on any atom is 0.418 e. The van der Waals surface area contributed by atoms with Gasteiger partial charge in [0.05, 0.1) is 11.1 Å². The molecule has 0 aliphatic heterocycles. The van der Waals surface area contributed by atoms with Crippen molar-refractivity contribution in [3.8, 4) is 0 Å². The summed E-state index contributed by atoms with van der Waals surface area (Å²) >= 11 is 0. The van der Waals surface area contributed by atoms with Gasteiger partial charge in [-0.05, 0) is 25.5 Å². The number of rotatable bonds is 3. The Labute approximate surface area is 108 Å². The molecule has 0 saturated carbocycles. The van der Waals surface area contributed by atoms with Crippen LogP contribution in [0.4, 0.5) is 13.2 Å². The summed E-state index contributed by atoms with van der Waals surface area (Å²) in [5, 5.41) is 0.496. The Balaban J connectivity index is 2.83. The van der Waals surface area contributed by atoms with E-state index < -0.39 is 11.7 Å². The van der Waals surface area contributed by atoms with Gasteiger partial charge in [-0.1, -0.05) is 12.1 Å². The van der Waals surface area contributed by atoms with Crippen molar-refractivity contribution in [1.82, 2.24) is 4.57 Å². The molecule has 1 aromatic heterocycles. The molecule has 0 fully saturated rings. The fourth-order valence-electron chi connectivity index (χ4n) is 2.27. The molecule has 1 aromatic carbocycles. The van der Waals surface area contributed by atoms with Crippen LogP contribution < -0.4 is 0 Å². The third kappa shape index (κ3) is 2.37. The maximum atomic E-state index is 13.1.